The van der Waals surface area contributed by atoms with Gasteiger partial charge >= 0.3 is 6.09 Å². The first-order valence-corrected chi connectivity index (χ1v) is 8.63. The molecule has 2 N–H and O–H groups in total. The quantitative estimate of drug-likeness (QED) is 0.822. The number of aliphatic hydroxyl groups excluding tert-OH is 2. The van der Waals surface area contributed by atoms with Crippen LogP contribution in [0.5, 0.6) is 0 Å². The fourth-order valence-corrected chi connectivity index (χ4v) is 2.60. The molecule has 1 saturated heterocycles. The van der Waals surface area contributed by atoms with Crippen LogP contribution in [0.3, 0.4) is 0 Å². The van der Waals surface area contributed by atoms with Crippen LogP contribution in [0, 0.1) is 5.82 Å². The van der Waals surface area contributed by atoms with Crippen LogP contribution in [0.25, 0.3) is 0 Å². The Balaban J connectivity index is 2.25. The van der Waals surface area contributed by atoms with E-state index in [1.54, 1.807) is 32.9 Å². The van der Waals surface area contributed by atoms with Crippen molar-refractivity contribution in [1.82, 2.24) is 0 Å². The minimum Gasteiger partial charge on any atom is -0.443 e. The molecule has 1 aromatic carbocycles. The summed E-state index contributed by atoms with van der Waals surface area (Å²) in [7, 11) is 0. The van der Waals surface area contributed by atoms with Gasteiger partial charge in [-0.1, -0.05) is 0 Å². The van der Waals surface area contributed by atoms with Crippen molar-refractivity contribution in [3.63, 3.8) is 0 Å². The van der Waals surface area contributed by atoms with E-state index in [1.165, 1.54) is 6.07 Å². The molecule has 0 radical (unpaired) electrons. The summed E-state index contributed by atoms with van der Waals surface area (Å²) in [6, 6.07) is 4.43. The second kappa shape index (κ2) is 8.66. The number of anilines is 2. The first-order chi connectivity index (χ1) is 12.2. The van der Waals surface area contributed by atoms with Crippen LogP contribution in [0.2, 0.25) is 0 Å². The number of hydrogen-bond donors (Lipinski definition) is 2. The van der Waals surface area contributed by atoms with Crippen molar-refractivity contribution in [2.75, 3.05) is 49.3 Å². The van der Waals surface area contributed by atoms with Crippen molar-refractivity contribution in [2.24, 2.45) is 0 Å². The molecule has 8 heteroatoms. The molecule has 1 aliphatic rings. The van der Waals surface area contributed by atoms with E-state index in [0.29, 0.717) is 32.0 Å². The van der Waals surface area contributed by atoms with Crippen LogP contribution in [0.4, 0.5) is 20.6 Å². The number of carbonyl (C=O) groups is 1. The Morgan fingerprint density at radius 1 is 1.38 bits per heavy atom. The Bertz CT molecular complexity index is 614. The lowest BCUT2D eigenvalue weighted by Gasteiger charge is -2.31. The highest BCUT2D eigenvalue weighted by atomic mass is 19.1. The van der Waals surface area contributed by atoms with Gasteiger partial charge < -0.3 is 24.6 Å². The monoisotopic (exact) mass is 370 g/mol. The molecule has 1 amide bonds. The number of hydrogen-bond acceptors (Lipinski definition) is 6. The molecular weight excluding hydrogens is 343 g/mol. The standard InChI is InChI=1S/C18H27FN2O5/c1-18(2,3)26-17(24)21(11-14(23)12-22)13-4-5-16(15(19)10-13)20-6-8-25-9-7-20/h4-5,10,14,22-23H,6-9,11-12H2,1-3H3/t14-/m1/s1. The molecule has 0 saturated carbocycles. The molecule has 1 aromatic rings. The molecule has 1 aliphatic heterocycles. The van der Waals surface area contributed by atoms with Gasteiger partial charge in [-0.05, 0) is 39.0 Å². The number of rotatable bonds is 5. The highest BCUT2D eigenvalue weighted by Crippen LogP contribution is 2.27. The zero-order chi connectivity index (χ0) is 19.3. The number of morpholine rings is 1. The maximum atomic E-state index is 14.6. The Labute approximate surface area is 152 Å². The van der Waals surface area contributed by atoms with Gasteiger partial charge in [-0.2, -0.15) is 0 Å². The third kappa shape index (κ3) is 5.55. The molecule has 0 spiro atoms. The smallest absolute Gasteiger partial charge is 0.414 e. The molecule has 7 nitrogen and oxygen atoms in total. The van der Waals surface area contributed by atoms with Gasteiger partial charge in [0, 0.05) is 13.1 Å². The second-order valence-corrected chi connectivity index (χ2v) is 7.16. The van der Waals surface area contributed by atoms with E-state index in [-0.39, 0.29) is 12.2 Å². The average molecular weight is 370 g/mol. The van der Waals surface area contributed by atoms with Gasteiger partial charge in [-0.3, -0.25) is 4.90 Å². The molecule has 0 bridgehead atoms. The van der Waals surface area contributed by atoms with Crippen LogP contribution >= 0.6 is 0 Å². The highest BCUT2D eigenvalue weighted by molar-refractivity contribution is 5.88. The lowest BCUT2D eigenvalue weighted by molar-refractivity contribution is 0.0525. The Kier molecular flexibility index (Phi) is 6.80. The second-order valence-electron chi connectivity index (χ2n) is 7.16. The van der Waals surface area contributed by atoms with Gasteiger partial charge in [0.15, 0.2) is 0 Å². The average Bonchev–Trinajstić information content (AvgIpc) is 2.58. The van der Waals surface area contributed by atoms with Gasteiger partial charge in [0.1, 0.15) is 11.4 Å². The normalized spacial score (nSPS) is 16.3. The van der Waals surface area contributed by atoms with Gasteiger partial charge in [-0.25, -0.2) is 9.18 Å². The molecule has 0 aromatic heterocycles. The summed E-state index contributed by atoms with van der Waals surface area (Å²) in [4.78, 5) is 15.5. The zero-order valence-electron chi connectivity index (χ0n) is 15.4. The van der Waals surface area contributed by atoms with E-state index in [9.17, 15) is 14.3 Å². The van der Waals surface area contributed by atoms with Crippen molar-refractivity contribution in [2.45, 2.75) is 32.5 Å². The number of halogens is 1. The van der Waals surface area contributed by atoms with Gasteiger partial charge in [0.25, 0.3) is 0 Å². The predicted molar refractivity (Wildman–Crippen MR) is 96.1 cm³/mol. The Morgan fingerprint density at radius 3 is 2.58 bits per heavy atom. The number of carbonyl (C=O) groups excluding carboxylic acids is 1. The lowest BCUT2D eigenvalue weighted by atomic mass is 10.2. The van der Waals surface area contributed by atoms with Crippen LogP contribution in [-0.4, -0.2) is 67.5 Å². The molecule has 1 fully saturated rings. The molecule has 2 rings (SSSR count). The molecular formula is C18H27FN2O5. The maximum Gasteiger partial charge on any atom is 0.414 e. The molecule has 26 heavy (non-hydrogen) atoms. The lowest BCUT2D eigenvalue weighted by Crippen LogP contribution is -2.42. The first-order valence-electron chi connectivity index (χ1n) is 8.63. The summed E-state index contributed by atoms with van der Waals surface area (Å²) in [6.07, 6.45) is -1.88. The van der Waals surface area contributed by atoms with E-state index in [0.717, 1.165) is 4.90 Å². The summed E-state index contributed by atoms with van der Waals surface area (Å²) in [6.45, 7) is 6.68. The molecule has 1 heterocycles. The van der Waals surface area contributed by atoms with E-state index in [4.69, 9.17) is 14.6 Å². The van der Waals surface area contributed by atoms with E-state index in [1.807, 2.05) is 4.90 Å². The van der Waals surface area contributed by atoms with Crippen molar-refractivity contribution in [1.29, 1.82) is 0 Å². The Hall–Kier alpha value is -1.90. The van der Waals surface area contributed by atoms with Gasteiger partial charge in [-0.15, -0.1) is 0 Å². The zero-order valence-corrected chi connectivity index (χ0v) is 15.4. The summed E-state index contributed by atoms with van der Waals surface area (Å²) in [5.41, 5.74) is -0.0589. The van der Waals surface area contributed by atoms with Crippen LogP contribution < -0.4 is 9.80 Å². The summed E-state index contributed by atoms with van der Waals surface area (Å²) in [5.74, 6) is -0.476. The van der Waals surface area contributed by atoms with E-state index in [2.05, 4.69) is 0 Å². The van der Waals surface area contributed by atoms with E-state index >= 15 is 0 Å². The molecule has 0 unspecified atom stereocenters. The van der Waals surface area contributed by atoms with Crippen LogP contribution in [-0.2, 0) is 9.47 Å². The summed E-state index contributed by atoms with van der Waals surface area (Å²) >= 11 is 0. The molecule has 0 aliphatic carbocycles. The topological polar surface area (TPSA) is 82.5 Å². The minimum absolute atomic E-state index is 0.207. The predicted octanol–water partition coefficient (Wildman–Crippen LogP) is 1.76. The molecule has 1 atom stereocenters. The highest BCUT2D eigenvalue weighted by Gasteiger charge is 2.26. The van der Waals surface area contributed by atoms with Crippen molar-refractivity contribution in [3.8, 4) is 0 Å². The number of ether oxygens (including phenoxy) is 2. The Morgan fingerprint density at radius 2 is 2.04 bits per heavy atom. The largest absolute Gasteiger partial charge is 0.443 e. The summed E-state index contributed by atoms with van der Waals surface area (Å²) < 4.78 is 25.2. The number of aliphatic hydroxyl groups is 2. The van der Waals surface area contributed by atoms with Crippen molar-refractivity contribution < 1.29 is 28.9 Å². The van der Waals surface area contributed by atoms with Crippen LogP contribution in [0.1, 0.15) is 20.8 Å². The van der Waals surface area contributed by atoms with Gasteiger partial charge in [0.2, 0.25) is 0 Å². The number of benzene rings is 1. The number of amides is 1. The fraction of sp³-hybridized carbons (Fsp3) is 0.611. The first kappa shape index (κ1) is 20.4. The fourth-order valence-electron chi connectivity index (χ4n) is 2.60. The molecule has 146 valence electrons. The van der Waals surface area contributed by atoms with E-state index < -0.39 is 30.2 Å². The minimum atomic E-state index is -1.16. The summed E-state index contributed by atoms with van der Waals surface area (Å²) in [5, 5.41) is 18.8. The van der Waals surface area contributed by atoms with Crippen LogP contribution in [0.15, 0.2) is 18.2 Å². The maximum absolute atomic E-state index is 14.6. The SMILES string of the molecule is CC(C)(C)OC(=O)N(C[C@@H](O)CO)c1ccc(N2CCOCC2)c(F)c1. The third-order valence-electron chi connectivity index (χ3n) is 3.81. The number of nitrogens with zero attached hydrogens (tertiary/aromatic N) is 2. The van der Waals surface area contributed by atoms with Crippen molar-refractivity contribution >= 4 is 17.5 Å². The third-order valence-corrected chi connectivity index (χ3v) is 3.81. The van der Waals surface area contributed by atoms with Gasteiger partial charge in [0.05, 0.1) is 43.8 Å². The van der Waals surface area contributed by atoms with Crippen molar-refractivity contribution in [3.05, 3.63) is 24.0 Å².